The van der Waals surface area contributed by atoms with Gasteiger partial charge in [-0.1, -0.05) is 36.4 Å². The number of nitrogens with one attached hydrogen (secondary N) is 1. The van der Waals surface area contributed by atoms with Gasteiger partial charge in [0.25, 0.3) is 5.91 Å². The third-order valence-corrected chi connectivity index (χ3v) is 8.46. The Labute approximate surface area is 216 Å². The molecule has 2 atom stereocenters. The Bertz CT molecular complexity index is 1100. The Morgan fingerprint density at radius 1 is 0.865 bits per heavy atom. The van der Waals surface area contributed by atoms with Gasteiger partial charge in [0.05, 0.1) is 12.1 Å². The summed E-state index contributed by atoms with van der Waals surface area (Å²) in [7, 11) is 0. The van der Waals surface area contributed by atoms with E-state index < -0.39 is 17.6 Å². The molecule has 1 saturated carbocycles. The quantitative estimate of drug-likeness (QED) is 0.596. The van der Waals surface area contributed by atoms with Gasteiger partial charge in [0.1, 0.15) is 0 Å². The summed E-state index contributed by atoms with van der Waals surface area (Å²) < 4.78 is 38.9. The normalized spacial score (nSPS) is 26.5. The first kappa shape index (κ1) is 25.8. The number of carbonyl (C=O) groups excluding carboxylic acids is 2. The summed E-state index contributed by atoms with van der Waals surface area (Å²) in [4.78, 5) is 30.0. The number of halogens is 3. The lowest BCUT2D eigenvalue weighted by Crippen LogP contribution is -2.55. The van der Waals surface area contributed by atoms with Crippen LogP contribution in [0.15, 0.2) is 54.6 Å². The van der Waals surface area contributed by atoms with E-state index in [2.05, 4.69) is 40.5 Å². The molecule has 1 aliphatic carbocycles. The van der Waals surface area contributed by atoms with Crippen molar-refractivity contribution in [1.82, 2.24) is 15.1 Å². The summed E-state index contributed by atoms with van der Waals surface area (Å²) in [5.41, 5.74) is 0.452. The second kappa shape index (κ2) is 10.9. The van der Waals surface area contributed by atoms with E-state index in [4.69, 9.17) is 0 Å². The molecule has 2 heterocycles. The van der Waals surface area contributed by atoms with Gasteiger partial charge in [-0.3, -0.25) is 14.5 Å². The molecule has 5 rings (SSSR count). The van der Waals surface area contributed by atoms with Crippen molar-refractivity contribution >= 4 is 11.8 Å². The van der Waals surface area contributed by atoms with E-state index in [9.17, 15) is 22.8 Å². The van der Waals surface area contributed by atoms with E-state index in [1.807, 2.05) is 4.90 Å². The van der Waals surface area contributed by atoms with Gasteiger partial charge in [-0.05, 0) is 81.2 Å². The van der Waals surface area contributed by atoms with Crippen LogP contribution in [0.3, 0.4) is 0 Å². The van der Waals surface area contributed by atoms with Crippen molar-refractivity contribution in [1.29, 1.82) is 0 Å². The van der Waals surface area contributed by atoms with Crippen LogP contribution in [0.1, 0.15) is 72.3 Å². The molecule has 8 heteroatoms. The lowest BCUT2D eigenvalue weighted by Gasteiger charge is -2.46. The summed E-state index contributed by atoms with van der Waals surface area (Å²) in [6.45, 7) is 1.51. The van der Waals surface area contributed by atoms with Crippen LogP contribution in [0, 0.1) is 0 Å². The van der Waals surface area contributed by atoms with Crippen molar-refractivity contribution in [2.75, 3.05) is 19.6 Å². The first-order valence-corrected chi connectivity index (χ1v) is 13.4. The number of hydrogen-bond donors (Lipinski definition) is 1. The van der Waals surface area contributed by atoms with E-state index in [1.54, 1.807) is 0 Å². The fourth-order valence-electron chi connectivity index (χ4n) is 6.65. The number of amides is 2. The molecule has 2 aliphatic heterocycles. The second-order valence-corrected chi connectivity index (χ2v) is 10.6. The number of nitrogens with zero attached hydrogens (tertiary/aromatic N) is 2. The van der Waals surface area contributed by atoms with Crippen molar-refractivity contribution in [2.24, 2.45) is 0 Å². The molecule has 0 aromatic heterocycles. The molecule has 0 bridgehead atoms. The van der Waals surface area contributed by atoms with Gasteiger partial charge in [-0.15, -0.1) is 0 Å². The van der Waals surface area contributed by atoms with Crippen LogP contribution in [-0.2, 0) is 11.0 Å². The molecule has 0 unspecified atom stereocenters. The minimum atomic E-state index is -4.52. The fourth-order valence-corrected chi connectivity index (χ4v) is 6.65. The van der Waals surface area contributed by atoms with Crippen molar-refractivity contribution < 1.29 is 22.8 Å². The molecule has 2 amide bonds. The largest absolute Gasteiger partial charge is 0.416 e. The SMILES string of the molecule is O=C(NCC(=O)N1CC[C@H]2[C@@H]1CCCN2C1CCC(c2ccccc2)CC1)c1cccc(C(F)(F)F)c1. The lowest BCUT2D eigenvalue weighted by molar-refractivity contribution is -0.137. The lowest BCUT2D eigenvalue weighted by atomic mass is 9.80. The number of hydrogen-bond acceptors (Lipinski definition) is 3. The number of piperidine rings is 1. The smallest absolute Gasteiger partial charge is 0.343 e. The van der Waals surface area contributed by atoms with Gasteiger partial charge >= 0.3 is 6.18 Å². The number of carbonyl (C=O) groups is 2. The molecule has 198 valence electrons. The first-order valence-electron chi connectivity index (χ1n) is 13.4. The molecule has 5 nitrogen and oxygen atoms in total. The summed E-state index contributed by atoms with van der Waals surface area (Å²) in [5.74, 6) is -0.210. The molecule has 37 heavy (non-hydrogen) atoms. The first-order chi connectivity index (χ1) is 17.8. The number of fused-ring (bicyclic) bond motifs is 1. The monoisotopic (exact) mass is 513 g/mol. The van der Waals surface area contributed by atoms with E-state index in [0.29, 0.717) is 24.5 Å². The van der Waals surface area contributed by atoms with Crippen LogP contribution in [0.5, 0.6) is 0 Å². The van der Waals surface area contributed by atoms with E-state index >= 15 is 0 Å². The Hall–Kier alpha value is -2.87. The molecule has 1 N–H and O–H groups in total. The maximum absolute atomic E-state index is 13.1. The van der Waals surface area contributed by atoms with Crippen molar-refractivity contribution in [3.63, 3.8) is 0 Å². The zero-order valence-electron chi connectivity index (χ0n) is 20.9. The number of benzene rings is 2. The van der Waals surface area contributed by atoms with Crippen molar-refractivity contribution in [3.8, 4) is 0 Å². The highest BCUT2D eigenvalue weighted by molar-refractivity contribution is 5.96. The van der Waals surface area contributed by atoms with Crippen LogP contribution in [0.4, 0.5) is 13.2 Å². The van der Waals surface area contributed by atoms with Crippen molar-refractivity contribution in [3.05, 3.63) is 71.3 Å². The topological polar surface area (TPSA) is 52.7 Å². The maximum Gasteiger partial charge on any atom is 0.416 e. The van der Waals surface area contributed by atoms with Gasteiger partial charge in [-0.2, -0.15) is 13.2 Å². The second-order valence-electron chi connectivity index (χ2n) is 10.6. The summed E-state index contributed by atoms with van der Waals surface area (Å²) in [5, 5.41) is 2.53. The Morgan fingerprint density at radius 2 is 1.62 bits per heavy atom. The standard InChI is InChI=1S/C29H34F3N3O2/c30-29(31,32)23-9-4-8-22(18-23)28(37)33-19-27(36)35-17-15-26-25(35)10-5-16-34(26)24-13-11-21(12-14-24)20-6-2-1-3-7-20/h1-4,6-9,18,21,24-26H,5,10-17,19H2,(H,33,37)/t21?,24?,25-,26-/m0/s1. The van der Waals surface area contributed by atoms with E-state index in [0.717, 1.165) is 37.9 Å². The Balaban J connectivity index is 1.15. The average Bonchev–Trinajstić information content (AvgIpc) is 3.36. The molecule has 0 spiro atoms. The van der Waals surface area contributed by atoms with Gasteiger partial charge in [0, 0.05) is 30.2 Å². The fraction of sp³-hybridized carbons (Fsp3) is 0.517. The number of likely N-dealkylation sites (tertiary alicyclic amines) is 2. The third-order valence-electron chi connectivity index (χ3n) is 8.46. The van der Waals surface area contributed by atoms with Crippen LogP contribution < -0.4 is 5.32 Å². The molecule has 0 radical (unpaired) electrons. The molecule has 3 fully saturated rings. The Morgan fingerprint density at radius 3 is 2.35 bits per heavy atom. The van der Waals surface area contributed by atoms with Gasteiger partial charge in [0.15, 0.2) is 0 Å². The average molecular weight is 514 g/mol. The molecule has 3 aliphatic rings. The Kier molecular flexibility index (Phi) is 7.56. The van der Waals surface area contributed by atoms with Gasteiger partial charge < -0.3 is 10.2 Å². The van der Waals surface area contributed by atoms with E-state index in [-0.39, 0.29) is 24.1 Å². The van der Waals surface area contributed by atoms with Gasteiger partial charge in [-0.25, -0.2) is 0 Å². The zero-order chi connectivity index (χ0) is 26.0. The zero-order valence-corrected chi connectivity index (χ0v) is 20.9. The van der Waals surface area contributed by atoms with Gasteiger partial charge in [0.2, 0.25) is 5.91 Å². The molecule has 2 aromatic rings. The van der Waals surface area contributed by atoms with Crippen LogP contribution >= 0.6 is 0 Å². The summed E-state index contributed by atoms with van der Waals surface area (Å²) in [6, 6.07) is 16.0. The summed E-state index contributed by atoms with van der Waals surface area (Å²) >= 11 is 0. The molecular weight excluding hydrogens is 479 g/mol. The molecule has 2 aromatic carbocycles. The van der Waals surface area contributed by atoms with Crippen molar-refractivity contribution in [2.45, 2.75) is 75.2 Å². The molecular formula is C29H34F3N3O2. The minimum absolute atomic E-state index is 0.100. The predicted molar refractivity (Wildman–Crippen MR) is 135 cm³/mol. The summed E-state index contributed by atoms with van der Waals surface area (Å²) in [6.07, 6.45) is 3.11. The van der Waals surface area contributed by atoms with Crippen LogP contribution in [-0.4, -0.2) is 59.4 Å². The van der Waals surface area contributed by atoms with Crippen LogP contribution in [0.25, 0.3) is 0 Å². The highest BCUT2D eigenvalue weighted by atomic mass is 19.4. The highest BCUT2D eigenvalue weighted by Crippen LogP contribution is 2.39. The predicted octanol–water partition coefficient (Wildman–Crippen LogP) is 5.23. The maximum atomic E-state index is 13.1. The number of alkyl halides is 3. The molecule has 2 saturated heterocycles. The highest BCUT2D eigenvalue weighted by Gasteiger charge is 2.44. The number of rotatable bonds is 5. The minimum Gasteiger partial charge on any atom is -0.343 e. The van der Waals surface area contributed by atoms with E-state index in [1.165, 1.54) is 43.4 Å². The van der Waals surface area contributed by atoms with Crippen LogP contribution in [0.2, 0.25) is 0 Å². The third kappa shape index (κ3) is 5.69.